The van der Waals surface area contributed by atoms with Crippen molar-refractivity contribution in [3.05, 3.63) is 35.9 Å². The summed E-state index contributed by atoms with van der Waals surface area (Å²) in [5, 5.41) is 12.7. The molecule has 2 atom stereocenters. The van der Waals surface area contributed by atoms with Gasteiger partial charge in [-0.25, -0.2) is 4.79 Å². The molecule has 2 amide bonds. The monoisotopic (exact) mass is 334 g/mol. The first-order chi connectivity index (χ1) is 11.5. The van der Waals surface area contributed by atoms with Gasteiger partial charge in [-0.15, -0.1) is 0 Å². The van der Waals surface area contributed by atoms with E-state index in [4.69, 9.17) is 4.74 Å². The van der Waals surface area contributed by atoms with Gasteiger partial charge in [-0.1, -0.05) is 44.2 Å². The number of likely N-dealkylation sites (tertiary alicyclic amines) is 1. The Morgan fingerprint density at radius 2 is 2.04 bits per heavy atom. The van der Waals surface area contributed by atoms with Crippen molar-refractivity contribution in [3.63, 3.8) is 0 Å². The van der Waals surface area contributed by atoms with Crippen LogP contribution in [0.4, 0.5) is 4.79 Å². The van der Waals surface area contributed by atoms with Gasteiger partial charge in [-0.05, 0) is 17.9 Å². The second-order valence-corrected chi connectivity index (χ2v) is 6.56. The van der Waals surface area contributed by atoms with E-state index in [9.17, 15) is 14.7 Å². The van der Waals surface area contributed by atoms with Gasteiger partial charge in [-0.2, -0.15) is 0 Å². The molecule has 0 bridgehead atoms. The predicted octanol–water partition coefficient (Wildman–Crippen LogP) is 1.57. The van der Waals surface area contributed by atoms with E-state index in [1.165, 1.54) is 4.90 Å². The summed E-state index contributed by atoms with van der Waals surface area (Å²) < 4.78 is 5.19. The highest BCUT2D eigenvalue weighted by Gasteiger charge is 2.39. The Hall–Kier alpha value is -2.08. The van der Waals surface area contributed by atoms with Gasteiger partial charge in [0.15, 0.2) is 0 Å². The number of carbonyl (C=O) groups excluding carboxylic acids is 2. The van der Waals surface area contributed by atoms with Crippen LogP contribution in [-0.4, -0.2) is 53.8 Å². The Morgan fingerprint density at radius 1 is 1.33 bits per heavy atom. The highest BCUT2D eigenvalue weighted by atomic mass is 16.6. The summed E-state index contributed by atoms with van der Waals surface area (Å²) in [6.07, 6.45) is -0.266. The van der Waals surface area contributed by atoms with Crippen molar-refractivity contribution in [2.24, 2.45) is 5.92 Å². The number of nitrogens with zero attached hydrogens (tertiary/aromatic N) is 1. The summed E-state index contributed by atoms with van der Waals surface area (Å²) in [6, 6.07) is 9.19. The van der Waals surface area contributed by atoms with Crippen LogP contribution in [0.25, 0.3) is 0 Å². The molecule has 6 nitrogen and oxygen atoms in total. The van der Waals surface area contributed by atoms with E-state index >= 15 is 0 Å². The largest absolute Gasteiger partial charge is 0.449 e. The lowest BCUT2D eigenvalue weighted by Crippen LogP contribution is -2.46. The molecule has 132 valence electrons. The van der Waals surface area contributed by atoms with Crippen molar-refractivity contribution >= 4 is 12.0 Å². The molecule has 1 aliphatic rings. The standard InChI is InChI=1S/C18H26N2O4/c1-13(2)12-24-18(23)20-11-15(21)10-16(20)17(22)19-9-8-14-6-4-3-5-7-14/h3-7,13,15-16,21H,8-12H2,1-2H3,(H,19,22)/t15-,16+/m1/s1. The maximum absolute atomic E-state index is 12.4. The fraction of sp³-hybridized carbons (Fsp3) is 0.556. The van der Waals surface area contributed by atoms with Gasteiger partial charge in [0.25, 0.3) is 0 Å². The SMILES string of the molecule is CC(C)COC(=O)N1C[C@H](O)C[C@H]1C(=O)NCCc1ccccc1. The van der Waals surface area contributed by atoms with E-state index in [0.29, 0.717) is 13.2 Å². The number of hydrogen-bond acceptors (Lipinski definition) is 4. The van der Waals surface area contributed by atoms with E-state index < -0.39 is 18.2 Å². The average molecular weight is 334 g/mol. The van der Waals surface area contributed by atoms with Gasteiger partial charge in [0, 0.05) is 13.0 Å². The zero-order valence-corrected chi connectivity index (χ0v) is 14.3. The first-order valence-electron chi connectivity index (χ1n) is 8.40. The molecule has 1 aliphatic heterocycles. The van der Waals surface area contributed by atoms with Crippen LogP contribution in [0.2, 0.25) is 0 Å². The van der Waals surface area contributed by atoms with Gasteiger partial charge in [0.05, 0.1) is 19.3 Å². The predicted molar refractivity (Wildman–Crippen MR) is 90.5 cm³/mol. The van der Waals surface area contributed by atoms with Crippen LogP contribution >= 0.6 is 0 Å². The smallest absolute Gasteiger partial charge is 0.410 e. The summed E-state index contributed by atoms with van der Waals surface area (Å²) in [6.45, 7) is 4.81. The summed E-state index contributed by atoms with van der Waals surface area (Å²) in [5.41, 5.74) is 1.14. The quantitative estimate of drug-likeness (QED) is 0.828. The van der Waals surface area contributed by atoms with Crippen molar-refractivity contribution in [2.45, 2.75) is 38.8 Å². The molecule has 2 N–H and O–H groups in total. The van der Waals surface area contributed by atoms with Crippen LogP contribution in [-0.2, 0) is 16.0 Å². The Bertz CT molecular complexity index is 547. The van der Waals surface area contributed by atoms with E-state index in [-0.39, 0.29) is 24.8 Å². The summed E-state index contributed by atoms with van der Waals surface area (Å²) in [4.78, 5) is 25.8. The first kappa shape index (κ1) is 18.3. The van der Waals surface area contributed by atoms with Crippen LogP contribution in [0.15, 0.2) is 30.3 Å². The molecule has 0 aromatic heterocycles. The second kappa shape index (κ2) is 8.68. The van der Waals surface area contributed by atoms with Crippen LogP contribution in [0.1, 0.15) is 25.8 Å². The Morgan fingerprint density at radius 3 is 2.71 bits per heavy atom. The van der Waals surface area contributed by atoms with Gasteiger partial charge in [0.2, 0.25) is 5.91 Å². The zero-order chi connectivity index (χ0) is 17.5. The number of amides is 2. The number of hydrogen-bond donors (Lipinski definition) is 2. The first-order valence-corrected chi connectivity index (χ1v) is 8.40. The highest BCUT2D eigenvalue weighted by Crippen LogP contribution is 2.19. The number of rotatable bonds is 6. The minimum Gasteiger partial charge on any atom is -0.449 e. The average Bonchev–Trinajstić information content (AvgIpc) is 2.95. The molecule has 0 unspecified atom stereocenters. The maximum atomic E-state index is 12.4. The zero-order valence-electron chi connectivity index (χ0n) is 14.3. The molecule has 1 aromatic carbocycles. The third-order valence-corrected chi connectivity index (χ3v) is 3.91. The van der Waals surface area contributed by atoms with Crippen molar-refractivity contribution in [1.82, 2.24) is 10.2 Å². The fourth-order valence-corrected chi connectivity index (χ4v) is 2.68. The molecule has 0 aliphatic carbocycles. The molecular weight excluding hydrogens is 308 g/mol. The second-order valence-electron chi connectivity index (χ2n) is 6.56. The van der Waals surface area contributed by atoms with Crippen molar-refractivity contribution in [2.75, 3.05) is 19.7 Å². The molecule has 24 heavy (non-hydrogen) atoms. The number of carbonyl (C=O) groups is 2. The molecule has 1 fully saturated rings. The Kier molecular flexibility index (Phi) is 6.61. The molecule has 0 spiro atoms. The van der Waals surface area contributed by atoms with E-state index in [1.54, 1.807) is 0 Å². The van der Waals surface area contributed by atoms with Crippen LogP contribution in [0.5, 0.6) is 0 Å². The number of β-amino-alcohol motifs (C(OH)–C–C–N with tert-alkyl or cyclic N) is 1. The molecule has 6 heteroatoms. The lowest BCUT2D eigenvalue weighted by molar-refractivity contribution is -0.125. The van der Waals surface area contributed by atoms with Gasteiger partial charge < -0.3 is 15.2 Å². The van der Waals surface area contributed by atoms with Crippen molar-refractivity contribution < 1.29 is 19.4 Å². The molecule has 1 saturated heterocycles. The lowest BCUT2D eigenvalue weighted by atomic mass is 10.1. The number of ether oxygens (including phenoxy) is 1. The van der Waals surface area contributed by atoms with Crippen LogP contribution in [0.3, 0.4) is 0 Å². The Balaban J connectivity index is 1.85. The summed E-state index contributed by atoms with van der Waals surface area (Å²) >= 11 is 0. The van der Waals surface area contributed by atoms with Crippen molar-refractivity contribution in [1.29, 1.82) is 0 Å². The highest BCUT2D eigenvalue weighted by molar-refractivity contribution is 5.86. The van der Waals surface area contributed by atoms with E-state index in [1.807, 2.05) is 44.2 Å². The fourth-order valence-electron chi connectivity index (χ4n) is 2.68. The third-order valence-electron chi connectivity index (χ3n) is 3.91. The lowest BCUT2D eigenvalue weighted by Gasteiger charge is -2.23. The van der Waals surface area contributed by atoms with Gasteiger partial charge in [-0.3, -0.25) is 9.69 Å². The molecule has 1 heterocycles. The van der Waals surface area contributed by atoms with Gasteiger partial charge in [0.1, 0.15) is 6.04 Å². The molecule has 2 rings (SSSR count). The number of nitrogens with one attached hydrogen (secondary N) is 1. The molecule has 1 aromatic rings. The number of aliphatic hydroxyl groups is 1. The maximum Gasteiger partial charge on any atom is 0.410 e. The minimum absolute atomic E-state index is 0.133. The van der Waals surface area contributed by atoms with Gasteiger partial charge >= 0.3 is 6.09 Å². The molecule has 0 saturated carbocycles. The Labute approximate surface area is 142 Å². The van der Waals surface area contributed by atoms with Crippen LogP contribution < -0.4 is 5.32 Å². The molecule has 0 radical (unpaired) electrons. The van der Waals surface area contributed by atoms with E-state index in [2.05, 4.69) is 5.32 Å². The normalized spacial score (nSPS) is 20.2. The molecular formula is C18H26N2O4. The third kappa shape index (κ3) is 5.23. The van der Waals surface area contributed by atoms with E-state index in [0.717, 1.165) is 12.0 Å². The summed E-state index contributed by atoms with van der Waals surface area (Å²) in [5.74, 6) is -0.0244. The van der Waals surface area contributed by atoms with Crippen molar-refractivity contribution in [3.8, 4) is 0 Å². The summed E-state index contributed by atoms with van der Waals surface area (Å²) in [7, 11) is 0. The number of aliphatic hydroxyl groups excluding tert-OH is 1. The number of benzene rings is 1. The topological polar surface area (TPSA) is 78.9 Å². The van der Waals surface area contributed by atoms with Crippen LogP contribution in [0, 0.1) is 5.92 Å². The minimum atomic E-state index is -0.693.